The van der Waals surface area contributed by atoms with Gasteiger partial charge in [0.15, 0.2) is 0 Å². The zero-order valence-corrected chi connectivity index (χ0v) is 14.9. The van der Waals surface area contributed by atoms with Crippen molar-refractivity contribution in [3.63, 3.8) is 0 Å². The number of methoxy groups -OCH3 is 1. The molecule has 0 aliphatic rings. The average Bonchev–Trinajstić information content (AvgIpc) is 2.74. The average molecular weight is 331 g/mol. The lowest BCUT2D eigenvalue weighted by atomic mass is 10.0. The van der Waals surface area contributed by atoms with E-state index in [0.29, 0.717) is 13.2 Å². The van der Waals surface area contributed by atoms with Gasteiger partial charge in [-0.3, -0.25) is 14.4 Å². The Labute approximate surface area is 142 Å². The lowest BCUT2D eigenvalue weighted by molar-refractivity contribution is -0.143. The number of carboxylic acid groups (broad SMARTS) is 1. The first-order valence-corrected chi connectivity index (χ1v) is 7.85. The number of nitrogens with zero attached hydrogens (tertiary/aromatic N) is 3. The van der Waals surface area contributed by atoms with E-state index in [-0.39, 0.29) is 0 Å². The SMILES string of the molecule is COCc1cccc([C@H](C(=O)O)N(C)Cc2c(C)nn(C)c2C)c1. The molecule has 1 atom stereocenters. The molecule has 1 aromatic carbocycles. The Morgan fingerprint density at radius 2 is 2.12 bits per heavy atom. The maximum absolute atomic E-state index is 11.9. The molecule has 0 amide bonds. The summed E-state index contributed by atoms with van der Waals surface area (Å²) < 4.78 is 6.97. The van der Waals surface area contributed by atoms with Crippen molar-refractivity contribution in [1.29, 1.82) is 0 Å². The Bertz CT molecular complexity index is 724. The van der Waals surface area contributed by atoms with E-state index < -0.39 is 12.0 Å². The van der Waals surface area contributed by atoms with Crippen LogP contribution in [0.3, 0.4) is 0 Å². The van der Waals surface area contributed by atoms with Crippen molar-refractivity contribution in [3.05, 3.63) is 52.3 Å². The highest BCUT2D eigenvalue weighted by Crippen LogP contribution is 2.25. The number of ether oxygens (including phenoxy) is 1. The molecule has 6 heteroatoms. The lowest BCUT2D eigenvalue weighted by Crippen LogP contribution is -2.31. The van der Waals surface area contributed by atoms with E-state index in [9.17, 15) is 9.90 Å². The number of aliphatic carboxylic acids is 1. The molecular formula is C18H25N3O3. The van der Waals surface area contributed by atoms with E-state index in [1.165, 1.54) is 0 Å². The Hall–Kier alpha value is -2.18. The summed E-state index contributed by atoms with van der Waals surface area (Å²) in [7, 11) is 5.35. The molecule has 1 aromatic heterocycles. The fourth-order valence-corrected chi connectivity index (χ4v) is 2.99. The quantitative estimate of drug-likeness (QED) is 0.844. The van der Waals surface area contributed by atoms with Crippen molar-refractivity contribution in [2.24, 2.45) is 7.05 Å². The molecule has 0 spiro atoms. The summed E-state index contributed by atoms with van der Waals surface area (Å²) in [5, 5.41) is 14.2. The fraction of sp³-hybridized carbons (Fsp3) is 0.444. The highest BCUT2D eigenvalue weighted by atomic mass is 16.5. The van der Waals surface area contributed by atoms with Crippen LogP contribution < -0.4 is 0 Å². The van der Waals surface area contributed by atoms with Crippen LogP contribution in [0, 0.1) is 13.8 Å². The van der Waals surface area contributed by atoms with E-state index in [0.717, 1.165) is 28.1 Å². The molecule has 0 saturated heterocycles. The molecule has 0 saturated carbocycles. The Morgan fingerprint density at radius 3 is 2.67 bits per heavy atom. The highest BCUT2D eigenvalue weighted by molar-refractivity contribution is 5.75. The number of hydrogen-bond acceptors (Lipinski definition) is 4. The molecule has 2 aromatic rings. The second-order valence-electron chi connectivity index (χ2n) is 6.11. The minimum atomic E-state index is -0.869. The van der Waals surface area contributed by atoms with E-state index in [4.69, 9.17) is 4.74 Å². The van der Waals surface area contributed by atoms with Crippen molar-refractivity contribution in [2.75, 3.05) is 14.2 Å². The van der Waals surface area contributed by atoms with E-state index in [1.54, 1.807) is 7.11 Å². The molecule has 0 aliphatic carbocycles. The molecule has 0 unspecified atom stereocenters. The standard InChI is InChI=1S/C18H25N3O3/c1-12-16(13(2)21(4)19-12)10-20(3)17(18(22)23)15-8-6-7-14(9-15)11-24-5/h6-9,17H,10-11H2,1-5H3,(H,22,23)/t17-/m1/s1. The predicted octanol–water partition coefficient (Wildman–Crippen LogP) is 2.44. The van der Waals surface area contributed by atoms with Crippen LogP contribution in [0.4, 0.5) is 0 Å². The number of aryl methyl sites for hydroxylation is 2. The third-order valence-corrected chi connectivity index (χ3v) is 4.32. The normalized spacial score (nSPS) is 12.6. The van der Waals surface area contributed by atoms with Gasteiger partial charge in [-0.1, -0.05) is 24.3 Å². The molecule has 24 heavy (non-hydrogen) atoms. The summed E-state index contributed by atoms with van der Waals surface area (Å²) in [6.07, 6.45) is 0. The second kappa shape index (κ2) is 7.59. The summed E-state index contributed by atoms with van der Waals surface area (Å²) in [5.41, 5.74) is 4.76. The van der Waals surface area contributed by atoms with Crippen molar-refractivity contribution >= 4 is 5.97 Å². The minimum Gasteiger partial charge on any atom is -0.480 e. The van der Waals surface area contributed by atoms with E-state index >= 15 is 0 Å². The molecule has 2 rings (SSSR count). The number of carboxylic acids is 1. The number of likely N-dealkylation sites (N-methyl/N-ethyl adjacent to an activating group) is 1. The number of benzene rings is 1. The summed E-state index contributed by atoms with van der Waals surface area (Å²) >= 11 is 0. The highest BCUT2D eigenvalue weighted by Gasteiger charge is 2.26. The molecule has 0 aliphatic heterocycles. The van der Waals surface area contributed by atoms with Gasteiger partial charge in [0.1, 0.15) is 6.04 Å². The monoisotopic (exact) mass is 331 g/mol. The smallest absolute Gasteiger partial charge is 0.325 e. The number of carbonyl (C=O) groups is 1. The van der Waals surface area contributed by atoms with Gasteiger partial charge in [0.05, 0.1) is 12.3 Å². The van der Waals surface area contributed by atoms with Crippen LogP contribution in [0.25, 0.3) is 0 Å². The largest absolute Gasteiger partial charge is 0.480 e. The van der Waals surface area contributed by atoms with Crippen LogP contribution >= 0.6 is 0 Å². The van der Waals surface area contributed by atoms with Gasteiger partial charge in [0.2, 0.25) is 0 Å². The van der Waals surface area contributed by atoms with Gasteiger partial charge in [-0.05, 0) is 32.0 Å². The molecule has 0 radical (unpaired) electrons. The molecule has 1 N–H and O–H groups in total. The summed E-state index contributed by atoms with van der Waals surface area (Å²) in [6.45, 7) is 4.94. The van der Waals surface area contributed by atoms with Crippen LogP contribution in [0.1, 0.15) is 34.1 Å². The summed E-state index contributed by atoms with van der Waals surface area (Å²) in [5.74, 6) is -0.869. The first-order chi connectivity index (χ1) is 11.3. The van der Waals surface area contributed by atoms with Gasteiger partial charge in [0.25, 0.3) is 0 Å². The van der Waals surface area contributed by atoms with Gasteiger partial charge in [0, 0.05) is 32.0 Å². The number of hydrogen-bond donors (Lipinski definition) is 1. The molecule has 130 valence electrons. The summed E-state index contributed by atoms with van der Waals surface area (Å²) in [4.78, 5) is 13.7. The zero-order chi connectivity index (χ0) is 17.9. The van der Waals surface area contributed by atoms with Crippen LogP contribution in [0.2, 0.25) is 0 Å². The Balaban J connectivity index is 2.30. The van der Waals surface area contributed by atoms with Crippen LogP contribution in [-0.2, 0) is 29.7 Å². The van der Waals surface area contributed by atoms with Gasteiger partial charge in [-0.25, -0.2) is 0 Å². The third kappa shape index (κ3) is 3.83. The van der Waals surface area contributed by atoms with E-state index in [2.05, 4.69) is 5.10 Å². The fourth-order valence-electron chi connectivity index (χ4n) is 2.99. The van der Waals surface area contributed by atoms with Gasteiger partial charge in [-0.15, -0.1) is 0 Å². The topological polar surface area (TPSA) is 67.6 Å². The summed E-state index contributed by atoms with van der Waals surface area (Å²) in [6, 6.07) is 6.81. The van der Waals surface area contributed by atoms with Crippen LogP contribution in [0.15, 0.2) is 24.3 Å². The molecular weight excluding hydrogens is 306 g/mol. The Morgan fingerprint density at radius 1 is 1.42 bits per heavy atom. The first-order valence-electron chi connectivity index (χ1n) is 7.85. The third-order valence-electron chi connectivity index (χ3n) is 4.32. The number of rotatable bonds is 7. The van der Waals surface area contributed by atoms with Crippen molar-refractivity contribution in [1.82, 2.24) is 14.7 Å². The minimum absolute atomic E-state index is 0.463. The van der Waals surface area contributed by atoms with Crippen molar-refractivity contribution < 1.29 is 14.6 Å². The van der Waals surface area contributed by atoms with Gasteiger partial charge < -0.3 is 9.84 Å². The molecule has 0 bridgehead atoms. The van der Waals surface area contributed by atoms with Gasteiger partial charge >= 0.3 is 5.97 Å². The lowest BCUT2D eigenvalue weighted by Gasteiger charge is -2.25. The first kappa shape index (κ1) is 18.2. The maximum atomic E-state index is 11.9. The Kier molecular flexibility index (Phi) is 5.75. The number of aromatic nitrogens is 2. The van der Waals surface area contributed by atoms with Crippen LogP contribution in [0.5, 0.6) is 0 Å². The molecule has 1 heterocycles. The predicted molar refractivity (Wildman–Crippen MR) is 91.7 cm³/mol. The second-order valence-corrected chi connectivity index (χ2v) is 6.11. The van der Waals surface area contributed by atoms with Crippen LogP contribution in [-0.4, -0.2) is 39.9 Å². The zero-order valence-electron chi connectivity index (χ0n) is 14.9. The molecule has 0 fully saturated rings. The molecule has 6 nitrogen and oxygen atoms in total. The van der Waals surface area contributed by atoms with E-state index in [1.807, 2.05) is 61.8 Å². The maximum Gasteiger partial charge on any atom is 0.325 e. The van der Waals surface area contributed by atoms with Crippen molar-refractivity contribution in [3.8, 4) is 0 Å². The van der Waals surface area contributed by atoms with Crippen molar-refractivity contribution in [2.45, 2.75) is 33.0 Å². The van der Waals surface area contributed by atoms with Gasteiger partial charge in [-0.2, -0.15) is 5.10 Å².